The lowest BCUT2D eigenvalue weighted by Crippen LogP contribution is -2.52. The highest BCUT2D eigenvalue weighted by Crippen LogP contribution is 2.28. The molecule has 0 unspecified atom stereocenters. The largest absolute Gasteiger partial charge is 0.490 e. The molecule has 2 aliphatic rings. The number of aliphatic carboxylic acids is 1. The first kappa shape index (κ1) is 39.5. The van der Waals surface area contributed by atoms with Crippen LogP contribution >= 0.6 is 0 Å². The molecule has 0 aromatic heterocycles. The number of halogens is 3. The first-order chi connectivity index (χ1) is 25.7. The van der Waals surface area contributed by atoms with Gasteiger partial charge in [-0.1, -0.05) is 128 Å². The van der Waals surface area contributed by atoms with Crippen molar-refractivity contribution in [3.63, 3.8) is 0 Å². The van der Waals surface area contributed by atoms with Crippen LogP contribution < -0.4 is 10.6 Å². The molecule has 1 saturated carbocycles. The summed E-state index contributed by atoms with van der Waals surface area (Å²) in [5.74, 6) is -2.76. The zero-order chi connectivity index (χ0) is 37.5. The molecule has 6 rings (SSSR count). The standard InChI is InChI=1S/C41H50N4O.C2HF3O2/c46-41(43-38-17-8-3-9-18-38)45(39-25-28-44(29-26-39)31-35-14-6-2-7-15-35)32-37-16-10-11-19-40(37)36-22-20-34(21-23-36)30-42-27-24-33-12-4-1-5-13-33;3-2(4,5)1(6)7/h1-2,4-7,10-16,19-23,38-39,42H,3,8-9,17-18,24-32H2,(H,43,46);(H,6,7). The fraction of sp³-hybridized carbons (Fsp3) is 0.395. The van der Waals surface area contributed by atoms with Crippen LogP contribution in [0.3, 0.4) is 0 Å². The number of nitrogens with one attached hydrogen (secondary N) is 2. The van der Waals surface area contributed by atoms with Crippen molar-refractivity contribution < 1.29 is 27.9 Å². The Bertz CT molecular complexity index is 1690. The first-order valence-corrected chi connectivity index (χ1v) is 18.7. The minimum absolute atomic E-state index is 0.111. The molecule has 1 aliphatic carbocycles. The molecule has 1 aliphatic heterocycles. The Morgan fingerprint density at radius 2 is 1.32 bits per heavy atom. The van der Waals surface area contributed by atoms with Crippen molar-refractivity contribution in [2.24, 2.45) is 0 Å². The van der Waals surface area contributed by atoms with Crippen LogP contribution in [0.2, 0.25) is 0 Å². The molecule has 3 N–H and O–H groups in total. The van der Waals surface area contributed by atoms with Crippen molar-refractivity contribution in [1.82, 2.24) is 20.4 Å². The molecule has 10 heteroatoms. The van der Waals surface area contributed by atoms with Gasteiger partial charge in [0.15, 0.2) is 0 Å². The van der Waals surface area contributed by atoms with E-state index in [1.165, 1.54) is 52.6 Å². The number of hydrogen-bond donors (Lipinski definition) is 3. The molecule has 4 aromatic carbocycles. The number of carbonyl (C=O) groups excluding carboxylic acids is 1. The zero-order valence-corrected chi connectivity index (χ0v) is 30.2. The fourth-order valence-electron chi connectivity index (χ4n) is 7.14. The van der Waals surface area contributed by atoms with E-state index < -0.39 is 12.1 Å². The number of carbonyl (C=O) groups is 2. The molecule has 2 amide bonds. The van der Waals surface area contributed by atoms with Crippen LogP contribution in [0.5, 0.6) is 0 Å². The van der Waals surface area contributed by atoms with E-state index in [0.29, 0.717) is 12.6 Å². The Kier molecular flexibility index (Phi) is 14.9. The number of carboxylic acids is 1. The van der Waals surface area contributed by atoms with Crippen LogP contribution in [0.1, 0.15) is 67.2 Å². The van der Waals surface area contributed by atoms with Gasteiger partial charge in [-0.2, -0.15) is 13.2 Å². The second-order valence-electron chi connectivity index (χ2n) is 14.0. The molecule has 1 saturated heterocycles. The Morgan fingerprint density at radius 1 is 0.736 bits per heavy atom. The molecule has 282 valence electrons. The van der Waals surface area contributed by atoms with Gasteiger partial charge >= 0.3 is 18.2 Å². The molecule has 53 heavy (non-hydrogen) atoms. The number of hydrogen-bond acceptors (Lipinski definition) is 4. The lowest BCUT2D eigenvalue weighted by Gasteiger charge is -2.39. The Labute approximate surface area is 311 Å². The summed E-state index contributed by atoms with van der Waals surface area (Å²) in [7, 11) is 0. The zero-order valence-electron chi connectivity index (χ0n) is 30.2. The second kappa shape index (κ2) is 20.0. The van der Waals surface area contributed by atoms with E-state index in [4.69, 9.17) is 9.90 Å². The van der Waals surface area contributed by atoms with Crippen LogP contribution in [0, 0.1) is 0 Å². The van der Waals surface area contributed by atoms with Gasteiger partial charge in [-0.25, -0.2) is 9.59 Å². The summed E-state index contributed by atoms with van der Waals surface area (Å²) in [6.45, 7) is 5.43. The average Bonchev–Trinajstić information content (AvgIpc) is 3.17. The van der Waals surface area contributed by atoms with Gasteiger partial charge in [0.2, 0.25) is 0 Å². The van der Waals surface area contributed by atoms with E-state index in [1.54, 1.807) is 0 Å². The highest BCUT2D eigenvalue weighted by molar-refractivity contribution is 5.76. The highest BCUT2D eigenvalue weighted by Gasteiger charge is 2.38. The maximum atomic E-state index is 14.0. The summed E-state index contributed by atoms with van der Waals surface area (Å²) >= 11 is 0. The monoisotopic (exact) mass is 728 g/mol. The minimum Gasteiger partial charge on any atom is -0.475 e. The van der Waals surface area contributed by atoms with Crippen LogP contribution in [0.15, 0.2) is 109 Å². The summed E-state index contributed by atoms with van der Waals surface area (Å²) in [5.41, 5.74) is 7.63. The van der Waals surface area contributed by atoms with Gasteiger partial charge in [0, 0.05) is 44.8 Å². The lowest BCUT2D eigenvalue weighted by atomic mass is 9.95. The van der Waals surface area contributed by atoms with Gasteiger partial charge in [-0.15, -0.1) is 0 Å². The molecule has 0 atom stereocenters. The van der Waals surface area contributed by atoms with Crippen molar-refractivity contribution in [3.05, 3.63) is 131 Å². The number of urea groups is 1. The van der Waals surface area contributed by atoms with E-state index in [1.807, 2.05) is 0 Å². The third-order valence-electron chi connectivity index (χ3n) is 10.1. The van der Waals surface area contributed by atoms with Gasteiger partial charge in [-0.05, 0) is 72.0 Å². The van der Waals surface area contributed by atoms with E-state index in [2.05, 4.69) is 130 Å². The number of rotatable bonds is 12. The molecule has 0 radical (unpaired) electrons. The molecule has 4 aromatic rings. The van der Waals surface area contributed by atoms with Crippen molar-refractivity contribution in [2.75, 3.05) is 19.6 Å². The van der Waals surface area contributed by atoms with E-state index in [-0.39, 0.29) is 12.1 Å². The third kappa shape index (κ3) is 12.8. The Morgan fingerprint density at radius 3 is 1.94 bits per heavy atom. The third-order valence-corrected chi connectivity index (χ3v) is 10.1. The highest BCUT2D eigenvalue weighted by atomic mass is 19.4. The molecular weight excluding hydrogens is 677 g/mol. The smallest absolute Gasteiger partial charge is 0.475 e. The van der Waals surface area contributed by atoms with Crippen LogP contribution in [0.4, 0.5) is 18.0 Å². The number of alkyl halides is 3. The van der Waals surface area contributed by atoms with Crippen molar-refractivity contribution in [3.8, 4) is 11.1 Å². The number of nitrogens with zero attached hydrogens (tertiary/aromatic N) is 2. The van der Waals surface area contributed by atoms with Crippen molar-refractivity contribution >= 4 is 12.0 Å². The van der Waals surface area contributed by atoms with Crippen LogP contribution in [-0.2, 0) is 30.8 Å². The minimum atomic E-state index is -5.08. The number of likely N-dealkylation sites (tertiary alicyclic amines) is 1. The Hall–Kier alpha value is -4.67. The first-order valence-electron chi connectivity index (χ1n) is 18.7. The van der Waals surface area contributed by atoms with Gasteiger partial charge < -0.3 is 20.6 Å². The van der Waals surface area contributed by atoms with E-state index in [9.17, 15) is 18.0 Å². The quantitative estimate of drug-likeness (QED) is 0.127. The predicted octanol–water partition coefficient (Wildman–Crippen LogP) is 8.83. The molecule has 2 fully saturated rings. The van der Waals surface area contributed by atoms with E-state index >= 15 is 0 Å². The van der Waals surface area contributed by atoms with Gasteiger partial charge in [0.05, 0.1) is 0 Å². The average molecular weight is 729 g/mol. The lowest BCUT2D eigenvalue weighted by molar-refractivity contribution is -0.192. The van der Waals surface area contributed by atoms with Crippen LogP contribution in [0.25, 0.3) is 11.1 Å². The molecule has 0 bridgehead atoms. The summed E-state index contributed by atoms with van der Waals surface area (Å²) in [5, 5.41) is 14.2. The van der Waals surface area contributed by atoms with Gasteiger partial charge in [-0.3, -0.25) is 4.90 Å². The summed E-state index contributed by atoms with van der Waals surface area (Å²) in [6.07, 6.45) is 3.85. The number of carboxylic acid groups (broad SMARTS) is 1. The maximum absolute atomic E-state index is 14.0. The summed E-state index contributed by atoms with van der Waals surface area (Å²) in [4.78, 5) is 27.6. The molecule has 7 nitrogen and oxygen atoms in total. The fourth-order valence-corrected chi connectivity index (χ4v) is 7.14. The van der Waals surface area contributed by atoms with Gasteiger partial charge in [0.1, 0.15) is 0 Å². The summed E-state index contributed by atoms with van der Waals surface area (Å²) < 4.78 is 31.7. The number of benzene rings is 4. The van der Waals surface area contributed by atoms with Crippen LogP contribution in [-0.4, -0.2) is 64.8 Å². The Balaban J connectivity index is 0.000000705. The molecule has 0 spiro atoms. The predicted molar refractivity (Wildman–Crippen MR) is 203 cm³/mol. The number of amides is 2. The van der Waals surface area contributed by atoms with Gasteiger partial charge in [0.25, 0.3) is 0 Å². The summed E-state index contributed by atoms with van der Waals surface area (Å²) in [6, 6.07) is 39.6. The van der Waals surface area contributed by atoms with Crippen molar-refractivity contribution in [2.45, 2.75) is 89.3 Å². The second-order valence-corrected chi connectivity index (χ2v) is 14.0. The SMILES string of the molecule is O=C(NC1CCCCC1)N(Cc1ccccc1-c1ccc(CNCCc2ccccc2)cc1)C1CCN(Cc2ccccc2)CC1.O=C(O)C(F)(F)F. The topological polar surface area (TPSA) is 84.9 Å². The number of piperidine rings is 1. The molecular formula is C43H51F3N4O3. The van der Waals surface area contributed by atoms with E-state index in [0.717, 1.165) is 64.8 Å². The van der Waals surface area contributed by atoms with Crippen molar-refractivity contribution in [1.29, 1.82) is 0 Å². The normalized spacial score (nSPS) is 15.6. The maximum Gasteiger partial charge on any atom is 0.490 e. The molecule has 1 heterocycles.